The fourth-order valence-electron chi connectivity index (χ4n) is 1.61. The van der Waals surface area contributed by atoms with Crippen LogP contribution < -0.4 is 5.73 Å². The zero-order chi connectivity index (χ0) is 12.1. The summed E-state index contributed by atoms with van der Waals surface area (Å²) in [7, 11) is 0. The standard InChI is InChI=1S/C14H16N2S/c1-11-3-2-4-12(7-11)9-17-10-13-5-6-14(15)16-8-13/h2-8H,9-10H2,1H3,(H2,15,16). The summed E-state index contributed by atoms with van der Waals surface area (Å²) in [5.74, 6) is 2.59. The molecule has 1 aromatic carbocycles. The number of nitrogens with zero attached hydrogens (tertiary/aromatic N) is 1. The van der Waals surface area contributed by atoms with E-state index in [9.17, 15) is 0 Å². The SMILES string of the molecule is Cc1cccc(CSCc2ccc(N)nc2)c1. The smallest absolute Gasteiger partial charge is 0.123 e. The van der Waals surface area contributed by atoms with Crippen molar-refractivity contribution in [1.29, 1.82) is 0 Å². The monoisotopic (exact) mass is 244 g/mol. The summed E-state index contributed by atoms with van der Waals surface area (Å²) in [5.41, 5.74) is 9.45. The van der Waals surface area contributed by atoms with Crippen LogP contribution >= 0.6 is 11.8 Å². The van der Waals surface area contributed by atoms with Crippen molar-refractivity contribution in [3.8, 4) is 0 Å². The summed E-state index contributed by atoms with van der Waals surface area (Å²) < 4.78 is 0. The van der Waals surface area contributed by atoms with Gasteiger partial charge < -0.3 is 5.73 Å². The maximum absolute atomic E-state index is 5.55. The number of nitrogens with two attached hydrogens (primary N) is 1. The number of anilines is 1. The molecule has 0 saturated heterocycles. The number of benzene rings is 1. The van der Waals surface area contributed by atoms with E-state index in [1.54, 1.807) is 0 Å². The van der Waals surface area contributed by atoms with Crippen molar-refractivity contribution >= 4 is 17.6 Å². The van der Waals surface area contributed by atoms with Crippen molar-refractivity contribution in [3.63, 3.8) is 0 Å². The van der Waals surface area contributed by atoms with E-state index in [4.69, 9.17) is 5.73 Å². The van der Waals surface area contributed by atoms with Crippen molar-refractivity contribution in [2.75, 3.05) is 5.73 Å². The molecule has 2 N–H and O–H groups in total. The second-order valence-electron chi connectivity index (χ2n) is 4.07. The molecular weight excluding hydrogens is 228 g/mol. The van der Waals surface area contributed by atoms with Gasteiger partial charge in [0.2, 0.25) is 0 Å². The van der Waals surface area contributed by atoms with Gasteiger partial charge >= 0.3 is 0 Å². The van der Waals surface area contributed by atoms with E-state index in [2.05, 4.69) is 36.2 Å². The zero-order valence-electron chi connectivity index (χ0n) is 9.89. The van der Waals surface area contributed by atoms with E-state index in [0.717, 1.165) is 11.5 Å². The molecule has 17 heavy (non-hydrogen) atoms. The molecule has 0 saturated carbocycles. The molecule has 0 aliphatic heterocycles. The number of hydrogen-bond acceptors (Lipinski definition) is 3. The Morgan fingerprint density at radius 2 is 1.94 bits per heavy atom. The highest BCUT2D eigenvalue weighted by atomic mass is 32.2. The Bertz CT molecular complexity index is 480. The first-order chi connectivity index (χ1) is 8.24. The first-order valence-corrected chi connectivity index (χ1v) is 6.73. The van der Waals surface area contributed by atoms with Crippen LogP contribution in [0.5, 0.6) is 0 Å². The van der Waals surface area contributed by atoms with Crippen LogP contribution in [0.25, 0.3) is 0 Å². The predicted molar refractivity (Wildman–Crippen MR) is 74.8 cm³/mol. The average molecular weight is 244 g/mol. The molecule has 2 aromatic rings. The van der Waals surface area contributed by atoms with Crippen LogP contribution in [0.1, 0.15) is 16.7 Å². The summed E-state index contributed by atoms with van der Waals surface area (Å²) in [6.45, 7) is 2.12. The topological polar surface area (TPSA) is 38.9 Å². The van der Waals surface area contributed by atoms with Crippen LogP contribution in [0, 0.1) is 6.92 Å². The minimum atomic E-state index is 0.581. The molecule has 2 nitrogen and oxygen atoms in total. The second-order valence-corrected chi connectivity index (χ2v) is 5.06. The van der Waals surface area contributed by atoms with Crippen LogP contribution in [0.15, 0.2) is 42.6 Å². The number of rotatable bonds is 4. The Kier molecular flexibility index (Phi) is 4.04. The highest BCUT2D eigenvalue weighted by Crippen LogP contribution is 2.18. The van der Waals surface area contributed by atoms with Crippen LogP contribution in [0.4, 0.5) is 5.82 Å². The minimum Gasteiger partial charge on any atom is -0.384 e. The Morgan fingerprint density at radius 1 is 1.12 bits per heavy atom. The molecule has 0 bridgehead atoms. The third-order valence-corrected chi connectivity index (χ3v) is 3.54. The summed E-state index contributed by atoms with van der Waals surface area (Å²) >= 11 is 1.89. The largest absolute Gasteiger partial charge is 0.384 e. The van der Waals surface area contributed by atoms with Crippen LogP contribution in [-0.2, 0) is 11.5 Å². The van der Waals surface area contributed by atoms with Gasteiger partial charge in [0.25, 0.3) is 0 Å². The van der Waals surface area contributed by atoms with Crippen molar-refractivity contribution in [3.05, 3.63) is 59.3 Å². The molecule has 88 valence electrons. The number of aryl methyl sites for hydroxylation is 1. The van der Waals surface area contributed by atoms with Gasteiger partial charge in [0.05, 0.1) is 0 Å². The fraction of sp³-hybridized carbons (Fsp3) is 0.214. The van der Waals surface area contributed by atoms with Gasteiger partial charge in [-0.05, 0) is 24.1 Å². The van der Waals surface area contributed by atoms with E-state index < -0.39 is 0 Å². The van der Waals surface area contributed by atoms with Crippen LogP contribution in [0.2, 0.25) is 0 Å². The zero-order valence-corrected chi connectivity index (χ0v) is 10.7. The molecule has 0 fully saturated rings. The molecule has 0 unspecified atom stereocenters. The molecule has 0 aliphatic carbocycles. The predicted octanol–water partition coefficient (Wildman–Crippen LogP) is 3.41. The van der Waals surface area contributed by atoms with E-state index >= 15 is 0 Å². The molecule has 0 radical (unpaired) electrons. The van der Waals surface area contributed by atoms with Crippen molar-refractivity contribution in [2.45, 2.75) is 18.4 Å². The Hall–Kier alpha value is -1.48. The molecule has 3 heteroatoms. The molecule has 0 amide bonds. The number of nitrogen functional groups attached to an aromatic ring is 1. The number of hydrogen-bond donors (Lipinski definition) is 1. The Balaban J connectivity index is 1.85. The lowest BCUT2D eigenvalue weighted by Gasteiger charge is -2.03. The molecule has 0 spiro atoms. The highest BCUT2D eigenvalue weighted by molar-refractivity contribution is 7.97. The van der Waals surface area contributed by atoms with Crippen LogP contribution in [0.3, 0.4) is 0 Å². The summed E-state index contributed by atoms with van der Waals surface area (Å²) in [6, 6.07) is 12.5. The molecule has 0 atom stereocenters. The molecule has 1 heterocycles. The van der Waals surface area contributed by atoms with Crippen LogP contribution in [-0.4, -0.2) is 4.98 Å². The van der Waals surface area contributed by atoms with Gasteiger partial charge in [0.1, 0.15) is 5.82 Å². The molecular formula is C14H16N2S. The van der Waals surface area contributed by atoms with Gasteiger partial charge in [-0.2, -0.15) is 11.8 Å². The van der Waals surface area contributed by atoms with Gasteiger partial charge in [0.15, 0.2) is 0 Å². The van der Waals surface area contributed by atoms with E-state index in [1.807, 2.05) is 30.1 Å². The number of thioether (sulfide) groups is 1. The quantitative estimate of drug-likeness (QED) is 0.895. The molecule has 2 rings (SSSR count). The maximum Gasteiger partial charge on any atom is 0.123 e. The lowest BCUT2D eigenvalue weighted by atomic mass is 10.2. The van der Waals surface area contributed by atoms with Gasteiger partial charge in [-0.15, -0.1) is 0 Å². The second kappa shape index (κ2) is 5.73. The van der Waals surface area contributed by atoms with E-state index in [-0.39, 0.29) is 0 Å². The van der Waals surface area contributed by atoms with Crippen molar-refractivity contribution < 1.29 is 0 Å². The van der Waals surface area contributed by atoms with Crippen molar-refractivity contribution in [2.24, 2.45) is 0 Å². The Morgan fingerprint density at radius 3 is 2.65 bits per heavy atom. The normalized spacial score (nSPS) is 10.4. The van der Waals surface area contributed by atoms with E-state index in [1.165, 1.54) is 16.7 Å². The first kappa shape index (κ1) is 12.0. The van der Waals surface area contributed by atoms with Gasteiger partial charge in [-0.25, -0.2) is 4.98 Å². The number of pyridine rings is 1. The fourth-order valence-corrected chi connectivity index (χ4v) is 2.53. The maximum atomic E-state index is 5.55. The average Bonchev–Trinajstić information content (AvgIpc) is 2.32. The first-order valence-electron chi connectivity index (χ1n) is 5.58. The minimum absolute atomic E-state index is 0.581. The molecule has 0 aliphatic rings. The van der Waals surface area contributed by atoms with Gasteiger partial charge in [-0.1, -0.05) is 35.9 Å². The highest BCUT2D eigenvalue weighted by Gasteiger charge is 1.97. The van der Waals surface area contributed by atoms with Gasteiger partial charge in [-0.3, -0.25) is 0 Å². The summed E-state index contributed by atoms with van der Waals surface area (Å²) in [4.78, 5) is 4.08. The van der Waals surface area contributed by atoms with Crippen molar-refractivity contribution in [1.82, 2.24) is 4.98 Å². The van der Waals surface area contributed by atoms with E-state index in [0.29, 0.717) is 5.82 Å². The summed E-state index contributed by atoms with van der Waals surface area (Å²) in [5, 5.41) is 0. The Labute approximate surface area is 106 Å². The third kappa shape index (κ3) is 3.79. The lowest BCUT2D eigenvalue weighted by molar-refractivity contribution is 1.25. The summed E-state index contributed by atoms with van der Waals surface area (Å²) in [6.07, 6.45) is 1.85. The number of aromatic nitrogens is 1. The lowest BCUT2D eigenvalue weighted by Crippen LogP contribution is -1.90. The molecule has 1 aromatic heterocycles. The third-order valence-electron chi connectivity index (χ3n) is 2.47. The van der Waals surface area contributed by atoms with Gasteiger partial charge in [0, 0.05) is 17.7 Å².